The molecule has 0 unspecified atom stereocenters. The second kappa shape index (κ2) is 6.86. The van der Waals surface area contributed by atoms with E-state index in [2.05, 4.69) is 20.6 Å². The van der Waals surface area contributed by atoms with E-state index in [0.29, 0.717) is 23.2 Å². The molecule has 2 rings (SSSR count). The monoisotopic (exact) mass is 290 g/mol. The second-order valence-corrected chi connectivity index (χ2v) is 4.59. The zero-order valence-corrected chi connectivity index (χ0v) is 11.8. The molecule has 0 bridgehead atoms. The predicted octanol–water partition coefficient (Wildman–Crippen LogP) is 3.01. The van der Waals surface area contributed by atoms with Crippen LogP contribution in [-0.2, 0) is 0 Å². The van der Waals surface area contributed by atoms with Gasteiger partial charge in [0.15, 0.2) is 0 Å². The number of halogens is 1. The number of amides is 1. The number of hydrogen-bond donors (Lipinski definition) is 2. The molecule has 0 atom stereocenters. The van der Waals surface area contributed by atoms with E-state index in [1.807, 2.05) is 19.1 Å². The van der Waals surface area contributed by atoms with Crippen LogP contribution in [0, 0.1) is 0 Å². The summed E-state index contributed by atoms with van der Waals surface area (Å²) >= 11 is 5.91. The standard InChI is InChI=1S/C14H15ClN4O/c1-2-7-16-13(20)12-6-8-17-14(19-12)18-11-5-3-4-10(15)9-11/h3-6,8-9H,2,7H2,1H3,(H,16,20)(H,17,18,19). The van der Waals surface area contributed by atoms with Crippen molar-refractivity contribution in [2.24, 2.45) is 0 Å². The summed E-state index contributed by atoms with van der Waals surface area (Å²) in [5, 5.41) is 6.40. The van der Waals surface area contributed by atoms with Crippen molar-refractivity contribution in [1.29, 1.82) is 0 Å². The van der Waals surface area contributed by atoms with Crippen LogP contribution < -0.4 is 10.6 Å². The summed E-state index contributed by atoms with van der Waals surface area (Å²) in [6, 6.07) is 8.78. The van der Waals surface area contributed by atoms with Gasteiger partial charge in [-0.25, -0.2) is 9.97 Å². The Hall–Kier alpha value is -2.14. The van der Waals surface area contributed by atoms with E-state index < -0.39 is 0 Å². The van der Waals surface area contributed by atoms with Crippen LogP contribution in [0.3, 0.4) is 0 Å². The van der Waals surface area contributed by atoms with E-state index in [9.17, 15) is 4.79 Å². The van der Waals surface area contributed by atoms with Gasteiger partial charge < -0.3 is 10.6 Å². The Morgan fingerprint density at radius 3 is 2.95 bits per heavy atom. The lowest BCUT2D eigenvalue weighted by atomic mass is 10.3. The molecule has 5 nitrogen and oxygen atoms in total. The molecule has 1 heterocycles. The van der Waals surface area contributed by atoms with Gasteiger partial charge in [-0.05, 0) is 30.7 Å². The maximum absolute atomic E-state index is 11.8. The van der Waals surface area contributed by atoms with Crippen molar-refractivity contribution in [2.45, 2.75) is 13.3 Å². The summed E-state index contributed by atoms with van der Waals surface area (Å²) < 4.78 is 0. The third kappa shape index (κ3) is 3.93. The van der Waals surface area contributed by atoms with Crippen LogP contribution in [0.2, 0.25) is 5.02 Å². The minimum absolute atomic E-state index is 0.205. The van der Waals surface area contributed by atoms with Gasteiger partial charge in [0.05, 0.1) is 0 Å². The summed E-state index contributed by atoms with van der Waals surface area (Å²) in [5.41, 5.74) is 1.10. The fourth-order valence-electron chi connectivity index (χ4n) is 1.57. The topological polar surface area (TPSA) is 66.9 Å². The van der Waals surface area contributed by atoms with Crippen molar-refractivity contribution < 1.29 is 4.79 Å². The smallest absolute Gasteiger partial charge is 0.270 e. The fraction of sp³-hybridized carbons (Fsp3) is 0.214. The van der Waals surface area contributed by atoms with Crippen molar-refractivity contribution in [3.8, 4) is 0 Å². The lowest BCUT2D eigenvalue weighted by molar-refractivity contribution is 0.0948. The van der Waals surface area contributed by atoms with Crippen LogP contribution in [0.15, 0.2) is 36.5 Å². The van der Waals surface area contributed by atoms with Crippen molar-refractivity contribution in [3.05, 3.63) is 47.2 Å². The molecule has 0 radical (unpaired) electrons. The molecule has 2 N–H and O–H groups in total. The van der Waals surface area contributed by atoms with Crippen molar-refractivity contribution in [2.75, 3.05) is 11.9 Å². The molecule has 0 fully saturated rings. The third-order valence-corrected chi connectivity index (χ3v) is 2.74. The molecule has 0 aliphatic heterocycles. The van der Waals surface area contributed by atoms with Crippen LogP contribution in [0.5, 0.6) is 0 Å². The highest BCUT2D eigenvalue weighted by atomic mass is 35.5. The van der Waals surface area contributed by atoms with E-state index >= 15 is 0 Å². The highest BCUT2D eigenvalue weighted by molar-refractivity contribution is 6.30. The van der Waals surface area contributed by atoms with Crippen LogP contribution >= 0.6 is 11.6 Å². The quantitative estimate of drug-likeness (QED) is 0.888. The maximum Gasteiger partial charge on any atom is 0.270 e. The number of hydrogen-bond acceptors (Lipinski definition) is 4. The summed E-state index contributed by atoms with van der Waals surface area (Å²) in [5.74, 6) is 0.153. The van der Waals surface area contributed by atoms with Crippen LogP contribution in [0.25, 0.3) is 0 Å². The van der Waals surface area contributed by atoms with Gasteiger partial charge >= 0.3 is 0 Å². The Balaban J connectivity index is 2.11. The molecular weight excluding hydrogens is 276 g/mol. The maximum atomic E-state index is 11.8. The Bertz CT molecular complexity index is 603. The SMILES string of the molecule is CCCNC(=O)c1ccnc(Nc2cccc(Cl)c2)n1. The predicted molar refractivity (Wildman–Crippen MR) is 79.4 cm³/mol. The van der Waals surface area contributed by atoms with Gasteiger partial charge in [0, 0.05) is 23.5 Å². The first-order chi connectivity index (χ1) is 9.69. The van der Waals surface area contributed by atoms with E-state index in [0.717, 1.165) is 12.1 Å². The van der Waals surface area contributed by atoms with Crippen LogP contribution in [-0.4, -0.2) is 22.4 Å². The van der Waals surface area contributed by atoms with Crippen molar-refractivity contribution in [3.63, 3.8) is 0 Å². The number of benzene rings is 1. The van der Waals surface area contributed by atoms with Crippen LogP contribution in [0.4, 0.5) is 11.6 Å². The van der Waals surface area contributed by atoms with Gasteiger partial charge in [0.1, 0.15) is 5.69 Å². The average molecular weight is 291 g/mol. The first kappa shape index (κ1) is 14.3. The molecule has 1 aromatic carbocycles. The fourth-order valence-corrected chi connectivity index (χ4v) is 1.76. The molecule has 0 saturated carbocycles. The molecule has 2 aromatic rings. The molecule has 0 saturated heterocycles. The number of anilines is 2. The zero-order valence-electron chi connectivity index (χ0n) is 11.1. The third-order valence-electron chi connectivity index (χ3n) is 2.50. The van der Waals surface area contributed by atoms with Crippen molar-refractivity contribution in [1.82, 2.24) is 15.3 Å². The number of nitrogens with zero attached hydrogens (tertiary/aromatic N) is 2. The van der Waals surface area contributed by atoms with Gasteiger partial charge in [0.2, 0.25) is 5.95 Å². The Morgan fingerprint density at radius 1 is 1.35 bits per heavy atom. The molecule has 1 amide bonds. The molecule has 6 heteroatoms. The number of nitrogens with one attached hydrogen (secondary N) is 2. The minimum atomic E-state index is -0.205. The van der Waals surface area contributed by atoms with Crippen LogP contribution in [0.1, 0.15) is 23.8 Å². The van der Waals surface area contributed by atoms with Gasteiger partial charge in [-0.3, -0.25) is 4.79 Å². The molecule has 1 aromatic heterocycles. The van der Waals surface area contributed by atoms with E-state index in [-0.39, 0.29) is 5.91 Å². The van der Waals surface area contributed by atoms with E-state index in [1.165, 1.54) is 0 Å². The summed E-state index contributed by atoms with van der Waals surface area (Å²) in [6.07, 6.45) is 2.42. The number of carbonyl (C=O) groups excluding carboxylic acids is 1. The normalized spacial score (nSPS) is 10.1. The lowest BCUT2D eigenvalue weighted by Crippen LogP contribution is -2.25. The minimum Gasteiger partial charge on any atom is -0.351 e. The zero-order chi connectivity index (χ0) is 14.4. The molecule has 20 heavy (non-hydrogen) atoms. The molecule has 0 aliphatic rings. The first-order valence-corrected chi connectivity index (χ1v) is 6.70. The summed E-state index contributed by atoms with van der Waals surface area (Å²) in [4.78, 5) is 20.1. The van der Waals surface area contributed by atoms with E-state index in [1.54, 1.807) is 24.4 Å². The highest BCUT2D eigenvalue weighted by Gasteiger charge is 2.08. The summed E-state index contributed by atoms with van der Waals surface area (Å²) in [7, 11) is 0. The second-order valence-electron chi connectivity index (χ2n) is 4.16. The summed E-state index contributed by atoms with van der Waals surface area (Å²) in [6.45, 7) is 2.62. The van der Waals surface area contributed by atoms with Crippen molar-refractivity contribution >= 4 is 29.1 Å². The Morgan fingerprint density at radius 2 is 2.20 bits per heavy atom. The molecule has 0 aliphatic carbocycles. The molecule has 104 valence electrons. The van der Waals surface area contributed by atoms with E-state index in [4.69, 9.17) is 11.6 Å². The highest BCUT2D eigenvalue weighted by Crippen LogP contribution is 2.17. The van der Waals surface area contributed by atoms with Gasteiger partial charge in [0.25, 0.3) is 5.91 Å². The first-order valence-electron chi connectivity index (χ1n) is 6.33. The van der Waals surface area contributed by atoms with Gasteiger partial charge in [-0.2, -0.15) is 0 Å². The Kier molecular flexibility index (Phi) is 4.90. The Labute approximate surface area is 122 Å². The number of aromatic nitrogens is 2. The number of carbonyl (C=O) groups is 1. The molecule has 0 spiro atoms. The average Bonchev–Trinajstić information content (AvgIpc) is 2.45. The largest absolute Gasteiger partial charge is 0.351 e. The van der Waals surface area contributed by atoms with Gasteiger partial charge in [-0.15, -0.1) is 0 Å². The van der Waals surface area contributed by atoms with Gasteiger partial charge in [-0.1, -0.05) is 24.6 Å². The number of rotatable bonds is 5. The molecular formula is C14H15ClN4O. The lowest BCUT2D eigenvalue weighted by Gasteiger charge is -2.07.